The molecule has 0 aliphatic heterocycles. The minimum atomic E-state index is 0.241. The Balaban J connectivity index is 2.44. The van der Waals surface area contributed by atoms with Crippen molar-refractivity contribution in [2.24, 2.45) is 5.41 Å². The average molecular weight is 199 g/mol. The number of aliphatic hydroxyl groups excluding tert-OH is 1. The maximum Gasteiger partial charge on any atom is 0.0499 e. The molecule has 1 rings (SSSR count). The fraction of sp³-hybridized carbons (Fsp3) is 1.00. The second kappa shape index (κ2) is 5.72. The van der Waals surface area contributed by atoms with Crippen LogP contribution in [0.5, 0.6) is 0 Å². The quantitative estimate of drug-likeness (QED) is 0.709. The lowest BCUT2D eigenvalue weighted by Gasteiger charge is -2.33. The molecule has 0 atom stereocenters. The van der Waals surface area contributed by atoms with Crippen LogP contribution in [-0.4, -0.2) is 36.2 Å². The minimum absolute atomic E-state index is 0.241. The fourth-order valence-electron chi connectivity index (χ4n) is 2.63. The number of hydrogen-bond donors (Lipinski definition) is 1. The normalized spacial score (nSPS) is 20.6. The zero-order valence-corrected chi connectivity index (χ0v) is 9.76. The van der Waals surface area contributed by atoms with Gasteiger partial charge in [0.1, 0.15) is 0 Å². The topological polar surface area (TPSA) is 23.5 Å². The molecule has 1 N–H and O–H groups in total. The van der Waals surface area contributed by atoms with Crippen LogP contribution in [0.4, 0.5) is 0 Å². The van der Waals surface area contributed by atoms with Crippen LogP contribution in [0.2, 0.25) is 0 Å². The van der Waals surface area contributed by atoms with Crippen LogP contribution in [0, 0.1) is 5.41 Å². The van der Waals surface area contributed by atoms with Crippen LogP contribution in [-0.2, 0) is 0 Å². The summed E-state index contributed by atoms with van der Waals surface area (Å²) in [6, 6.07) is 0. The Morgan fingerprint density at radius 3 is 2.29 bits per heavy atom. The molecule has 2 nitrogen and oxygen atoms in total. The predicted molar refractivity (Wildman–Crippen MR) is 60.4 cm³/mol. The van der Waals surface area contributed by atoms with Crippen molar-refractivity contribution in [3.8, 4) is 0 Å². The fourth-order valence-corrected chi connectivity index (χ4v) is 2.63. The van der Waals surface area contributed by atoms with Gasteiger partial charge in [-0.3, -0.25) is 0 Å². The Bertz CT molecular complexity index is 152. The molecular formula is C12H25NO. The third-order valence-corrected chi connectivity index (χ3v) is 3.55. The lowest BCUT2D eigenvalue weighted by Crippen LogP contribution is -2.38. The highest BCUT2D eigenvalue weighted by Crippen LogP contribution is 2.38. The van der Waals surface area contributed by atoms with Crippen molar-refractivity contribution in [1.29, 1.82) is 0 Å². The average Bonchev–Trinajstić information content (AvgIpc) is 2.66. The molecular weight excluding hydrogens is 174 g/mol. The third kappa shape index (κ3) is 2.96. The van der Waals surface area contributed by atoms with Gasteiger partial charge in [0, 0.05) is 18.6 Å². The van der Waals surface area contributed by atoms with Crippen molar-refractivity contribution in [2.45, 2.75) is 46.0 Å². The summed E-state index contributed by atoms with van der Waals surface area (Å²) >= 11 is 0. The summed E-state index contributed by atoms with van der Waals surface area (Å²) in [5.41, 5.74) is 0.241. The van der Waals surface area contributed by atoms with Crippen LogP contribution in [0.25, 0.3) is 0 Å². The zero-order chi connectivity index (χ0) is 10.4. The van der Waals surface area contributed by atoms with E-state index in [-0.39, 0.29) is 5.41 Å². The van der Waals surface area contributed by atoms with Crippen LogP contribution in [0.15, 0.2) is 0 Å². The van der Waals surface area contributed by atoms with Crippen molar-refractivity contribution in [2.75, 3.05) is 26.2 Å². The highest BCUT2D eigenvalue weighted by molar-refractivity contribution is 4.86. The molecule has 0 spiro atoms. The van der Waals surface area contributed by atoms with E-state index < -0.39 is 0 Å². The van der Waals surface area contributed by atoms with Gasteiger partial charge in [0.2, 0.25) is 0 Å². The van der Waals surface area contributed by atoms with Crippen LogP contribution >= 0.6 is 0 Å². The molecule has 0 amide bonds. The predicted octanol–water partition coefficient (Wildman–Crippen LogP) is 2.27. The van der Waals surface area contributed by atoms with E-state index in [1.807, 2.05) is 0 Å². The Hall–Kier alpha value is -0.0800. The summed E-state index contributed by atoms with van der Waals surface area (Å²) in [6.07, 6.45) is 6.29. The van der Waals surface area contributed by atoms with Crippen molar-refractivity contribution in [3.05, 3.63) is 0 Å². The van der Waals surface area contributed by atoms with Crippen LogP contribution in [0.1, 0.15) is 46.0 Å². The first-order chi connectivity index (χ1) is 6.76. The summed E-state index contributed by atoms with van der Waals surface area (Å²) in [6.45, 7) is 8.23. The Morgan fingerprint density at radius 2 is 1.86 bits per heavy atom. The zero-order valence-electron chi connectivity index (χ0n) is 9.76. The second-order valence-corrected chi connectivity index (χ2v) is 4.73. The van der Waals surface area contributed by atoms with Gasteiger partial charge in [0.25, 0.3) is 0 Å². The monoisotopic (exact) mass is 199 g/mol. The Morgan fingerprint density at radius 1 is 1.21 bits per heavy atom. The van der Waals surface area contributed by atoms with Gasteiger partial charge in [-0.25, -0.2) is 0 Å². The smallest absolute Gasteiger partial charge is 0.0499 e. The van der Waals surface area contributed by atoms with E-state index >= 15 is 0 Å². The minimum Gasteiger partial charge on any atom is -0.396 e. The molecule has 1 saturated carbocycles. The van der Waals surface area contributed by atoms with Gasteiger partial charge in [0.15, 0.2) is 0 Å². The molecule has 1 fully saturated rings. The molecule has 0 heterocycles. The van der Waals surface area contributed by atoms with Gasteiger partial charge >= 0.3 is 0 Å². The molecule has 0 aromatic rings. The summed E-state index contributed by atoms with van der Waals surface area (Å²) in [5.74, 6) is 0. The van der Waals surface area contributed by atoms with Crippen LogP contribution in [0.3, 0.4) is 0 Å². The Kier molecular flexibility index (Phi) is 4.90. The molecule has 0 aromatic carbocycles. The molecule has 2 heteroatoms. The number of aliphatic hydroxyl groups is 1. The van der Waals surface area contributed by atoms with E-state index in [0.717, 1.165) is 13.1 Å². The standard InChI is InChI=1S/C12H25NO/c1-3-9-13(4-2)10-12(11-14)7-5-6-8-12/h14H,3-11H2,1-2H3. The summed E-state index contributed by atoms with van der Waals surface area (Å²) < 4.78 is 0. The van der Waals surface area contributed by atoms with Crippen molar-refractivity contribution >= 4 is 0 Å². The lowest BCUT2D eigenvalue weighted by molar-refractivity contribution is 0.0805. The molecule has 0 unspecified atom stereocenters. The highest BCUT2D eigenvalue weighted by Gasteiger charge is 2.34. The lowest BCUT2D eigenvalue weighted by atomic mass is 9.86. The van der Waals surface area contributed by atoms with E-state index in [4.69, 9.17) is 0 Å². The van der Waals surface area contributed by atoms with Gasteiger partial charge in [-0.15, -0.1) is 0 Å². The highest BCUT2D eigenvalue weighted by atomic mass is 16.3. The number of hydrogen-bond acceptors (Lipinski definition) is 2. The number of rotatable bonds is 6. The first-order valence-electron chi connectivity index (χ1n) is 6.09. The summed E-state index contributed by atoms with van der Waals surface area (Å²) in [4.78, 5) is 2.49. The van der Waals surface area contributed by atoms with Crippen LogP contribution < -0.4 is 0 Å². The molecule has 1 aliphatic rings. The van der Waals surface area contributed by atoms with Crippen molar-refractivity contribution < 1.29 is 5.11 Å². The molecule has 0 saturated heterocycles. The molecule has 0 bridgehead atoms. The van der Waals surface area contributed by atoms with E-state index in [2.05, 4.69) is 18.7 Å². The largest absolute Gasteiger partial charge is 0.396 e. The molecule has 84 valence electrons. The van der Waals surface area contributed by atoms with E-state index in [1.165, 1.54) is 38.6 Å². The molecule has 14 heavy (non-hydrogen) atoms. The van der Waals surface area contributed by atoms with Crippen molar-refractivity contribution in [3.63, 3.8) is 0 Å². The molecule has 0 radical (unpaired) electrons. The van der Waals surface area contributed by atoms with Gasteiger partial charge in [-0.2, -0.15) is 0 Å². The van der Waals surface area contributed by atoms with E-state index in [9.17, 15) is 5.11 Å². The molecule has 0 aromatic heterocycles. The first-order valence-corrected chi connectivity index (χ1v) is 6.09. The third-order valence-electron chi connectivity index (χ3n) is 3.55. The summed E-state index contributed by atoms with van der Waals surface area (Å²) in [7, 11) is 0. The van der Waals surface area contributed by atoms with Gasteiger partial charge in [-0.05, 0) is 32.4 Å². The Labute approximate surface area is 88.3 Å². The van der Waals surface area contributed by atoms with Gasteiger partial charge in [0.05, 0.1) is 0 Å². The van der Waals surface area contributed by atoms with E-state index in [0.29, 0.717) is 6.61 Å². The second-order valence-electron chi connectivity index (χ2n) is 4.73. The first kappa shape index (κ1) is 12.0. The SMILES string of the molecule is CCCN(CC)CC1(CO)CCCC1. The molecule has 1 aliphatic carbocycles. The van der Waals surface area contributed by atoms with Gasteiger partial charge < -0.3 is 10.0 Å². The summed E-state index contributed by atoms with van der Waals surface area (Å²) in [5, 5.41) is 9.50. The maximum atomic E-state index is 9.50. The van der Waals surface area contributed by atoms with Crippen molar-refractivity contribution in [1.82, 2.24) is 4.90 Å². The van der Waals surface area contributed by atoms with E-state index in [1.54, 1.807) is 0 Å². The number of nitrogens with zero attached hydrogens (tertiary/aromatic N) is 1. The van der Waals surface area contributed by atoms with Gasteiger partial charge in [-0.1, -0.05) is 26.7 Å². The maximum absolute atomic E-state index is 9.50.